The van der Waals surface area contributed by atoms with E-state index in [2.05, 4.69) is 62.3 Å². The van der Waals surface area contributed by atoms with Crippen molar-refractivity contribution in [3.63, 3.8) is 0 Å². The first kappa shape index (κ1) is 14.8. The summed E-state index contributed by atoms with van der Waals surface area (Å²) in [6.07, 6.45) is 2.01. The minimum absolute atomic E-state index is 0.199. The van der Waals surface area contributed by atoms with Gasteiger partial charge in [0.1, 0.15) is 5.76 Å². The quantitative estimate of drug-likeness (QED) is 0.747. The summed E-state index contributed by atoms with van der Waals surface area (Å²) in [4.78, 5) is 0. The van der Waals surface area contributed by atoms with Crippen molar-refractivity contribution in [3.05, 3.63) is 56.9 Å². The Morgan fingerprint density at radius 2 is 1.95 bits per heavy atom. The van der Waals surface area contributed by atoms with E-state index < -0.39 is 0 Å². The van der Waals surface area contributed by atoms with Crippen LogP contribution in [0.4, 0.5) is 0 Å². The van der Waals surface area contributed by atoms with Gasteiger partial charge < -0.3 is 9.73 Å². The number of rotatable bonds is 6. The van der Waals surface area contributed by atoms with Gasteiger partial charge in [-0.25, -0.2) is 0 Å². The molecule has 0 saturated carbocycles. The lowest BCUT2D eigenvalue weighted by molar-refractivity contribution is 0.400. The molecule has 4 heteroatoms. The number of hydrogen-bond acceptors (Lipinski definition) is 2. The molecule has 2 rings (SSSR count). The summed E-state index contributed by atoms with van der Waals surface area (Å²) in [6.45, 7) is 3.15. The van der Waals surface area contributed by atoms with Gasteiger partial charge >= 0.3 is 0 Å². The molecule has 1 unspecified atom stereocenters. The van der Waals surface area contributed by atoms with Crippen molar-refractivity contribution in [2.75, 3.05) is 6.54 Å². The van der Waals surface area contributed by atoms with E-state index in [0.29, 0.717) is 0 Å². The van der Waals surface area contributed by atoms with E-state index in [-0.39, 0.29) is 6.04 Å². The Balaban J connectivity index is 2.16. The Bertz CT molecular complexity index is 524. The van der Waals surface area contributed by atoms with Crippen LogP contribution < -0.4 is 5.32 Å². The molecule has 19 heavy (non-hydrogen) atoms. The van der Waals surface area contributed by atoms with Crippen LogP contribution >= 0.6 is 31.9 Å². The van der Waals surface area contributed by atoms with E-state index in [4.69, 9.17) is 4.42 Å². The molecule has 0 aliphatic carbocycles. The smallest absolute Gasteiger partial charge is 0.169 e. The highest BCUT2D eigenvalue weighted by molar-refractivity contribution is 9.10. The molecule has 1 heterocycles. The molecule has 0 bridgehead atoms. The maximum absolute atomic E-state index is 5.69. The predicted molar refractivity (Wildman–Crippen MR) is 85.3 cm³/mol. The van der Waals surface area contributed by atoms with Crippen LogP contribution in [0, 0.1) is 0 Å². The van der Waals surface area contributed by atoms with Gasteiger partial charge in [-0.3, -0.25) is 0 Å². The van der Waals surface area contributed by atoms with Crippen LogP contribution in [0.5, 0.6) is 0 Å². The molecule has 102 valence electrons. The van der Waals surface area contributed by atoms with Crippen molar-refractivity contribution in [3.8, 4) is 0 Å². The van der Waals surface area contributed by atoms with E-state index in [0.717, 1.165) is 34.3 Å². The Labute approximate surface area is 130 Å². The fourth-order valence-electron chi connectivity index (χ4n) is 1.99. The summed E-state index contributed by atoms with van der Waals surface area (Å²) in [7, 11) is 0. The minimum Gasteiger partial charge on any atom is -0.453 e. The van der Waals surface area contributed by atoms with Crippen molar-refractivity contribution >= 4 is 31.9 Å². The zero-order valence-electron chi connectivity index (χ0n) is 10.8. The minimum atomic E-state index is 0.199. The van der Waals surface area contributed by atoms with Crippen LogP contribution in [0.25, 0.3) is 0 Å². The molecule has 1 atom stereocenters. The van der Waals surface area contributed by atoms with E-state index in [1.807, 2.05) is 18.2 Å². The number of hydrogen-bond donors (Lipinski definition) is 1. The van der Waals surface area contributed by atoms with Crippen LogP contribution in [-0.4, -0.2) is 6.54 Å². The fraction of sp³-hybridized carbons (Fsp3) is 0.333. The van der Waals surface area contributed by atoms with E-state index >= 15 is 0 Å². The highest BCUT2D eigenvalue weighted by Crippen LogP contribution is 2.26. The summed E-state index contributed by atoms with van der Waals surface area (Å²) in [5, 5.41) is 3.54. The van der Waals surface area contributed by atoms with Crippen molar-refractivity contribution in [1.29, 1.82) is 0 Å². The van der Waals surface area contributed by atoms with Crippen LogP contribution in [0.1, 0.15) is 30.7 Å². The second-order valence-corrected chi connectivity index (χ2v) is 6.08. The van der Waals surface area contributed by atoms with Gasteiger partial charge in [-0.15, -0.1) is 0 Å². The SMILES string of the molecule is CCCNC(Cc1ccccc1Br)c1ccc(Br)o1. The first-order valence-corrected chi connectivity index (χ1v) is 8.01. The number of benzene rings is 1. The number of nitrogens with one attached hydrogen (secondary N) is 1. The predicted octanol–water partition coefficient (Wildman–Crippen LogP) is 5.09. The van der Waals surface area contributed by atoms with Gasteiger partial charge in [0.05, 0.1) is 6.04 Å². The second kappa shape index (κ2) is 7.27. The van der Waals surface area contributed by atoms with Gasteiger partial charge in [-0.2, -0.15) is 0 Å². The monoisotopic (exact) mass is 385 g/mol. The van der Waals surface area contributed by atoms with Gasteiger partial charge in [0, 0.05) is 4.47 Å². The van der Waals surface area contributed by atoms with Gasteiger partial charge in [-0.05, 0) is 59.1 Å². The molecule has 0 fully saturated rings. The second-order valence-electron chi connectivity index (χ2n) is 4.44. The Morgan fingerprint density at radius 1 is 1.16 bits per heavy atom. The fourth-order valence-corrected chi connectivity index (χ4v) is 2.76. The molecule has 1 aromatic heterocycles. The highest BCUT2D eigenvalue weighted by atomic mass is 79.9. The van der Waals surface area contributed by atoms with Crippen LogP contribution in [0.3, 0.4) is 0 Å². The largest absolute Gasteiger partial charge is 0.453 e. The summed E-state index contributed by atoms with van der Waals surface area (Å²) < 4.78 is 7.61. The van der Waals surface area contributed by atoms with Crippen LogP contribution in [0.2, 0.25) is 0 Å². The molecule has 0 radical (unpaired) electrons. The molecule has 1 N–H and O–H groups in total. The Kier molecular flexibility index (Phi) is 5.67. The molecule has 0 aliphatic rings. The highest BCUT2D eigenvalue weighted by Gasteiger charge is 2.16. The van der Waals surface area contributed by atoms with Crippen molar-refractivity contribution in [2.45, 2.75) is 25.8 Å². The van der Waals surface area contributed by atoms with Crippen LogP contribution in [-0.2, 0) is 6.42 Å². The molecule has 0 spiro atoms. The lowest BCUT2D eigenvalue weighted by Gasteiger charge is -2.17. The first-order chi connectivity index (χ1) is 9.20. The molecular weight excluding hydrogens is 370 g/mol. The summed E-state index contributed by atoms with van der Waals surface area (Å²) in [5.74, 6) is 0.969. The van der Waals surface area contributed by atoms with Gasteiger partial charge in [0.15, 0.2) is 4.67 Å². The zero-order chi connectivity index (χ0) is 13.7. The molecular formula is C15H17Br2NO. The maximum atomic E-state index is 5.69. The standard InChI is InChI=1S/C15H17Br2NO/c1-2-9-18-13(14-7-8-15(17)19-14)10-11-5-3-4-6-12(11)16/h3-8,13,18H,2,9-10H2,1H3. The lowest BCUT2D eigenvalue weighted by Crippen LogP contribution is -2.23. The van der Waals surface area contributed by atoms with Gasteiger partial charge in [0.2, 0.25) is 0 Å². The normalized spacial score (nSPS) is 12.6. The average molecular weight is 387 g/mol. The maximum Gasteiger partial charge on any atom is 0.169 e. The summed E-state index contributed by atoms with van der Waals surface area (Å²) in [5.41, 5.74) is 1.28. The lowest BCUT2D eigenvalue weighted by atomic mass is 10.0. The molecule has 0 aliphatic heterocycles. The molecule has 2 aromatic rings. The Hall–Kier alpha value is -0.580. The van der Waals surface area contributed by atoms with Crippen molar-refractivity contribution < 1.29 is 4.42 Å². The van der Waals surface area contributed by atoms with Crippen LogP contribution in [0.15, 0.2) is 50.0 Å². The third-order valence-electron chi connectivity index (χ3n) is 2.96. The number of furan rings is 1. The summed E-state index contributed by atoms with van der Waals surface area (Å²) >= 11 is 6.97. The molecule has 1 aromatic carbocycles. The Morgan fingerprint density at radius 3 is 2.58 bits per heavy atom. The third-order valence-corrected chi connectivity index (χ3v) is 4.16. The first-order valence-electron chi connectivity index (χ1n) is 6.42. The van der Waals surface area contributed by atoms with E-state index in [1.54, 1.807) is 0 Å². The van der Waals surface area contributed by atoms with E-state index in [9.17, 15) is 0 Å². The van der Waals surface area contributed by atoms with E-state index in [1.165, 1.54) is 5.56 Å². The van der Waals surface area contributed by atoms with Crippen molar-refractivity contribution in [2.24, 2.45) is 0 Å². The van der Waals surface area contributed by atoms with Gasteiger partial charge in [0.25, 0.3) is 0 Å². The zero-order valence-corrected chi connectivity index (χ0v) is 14.0. The molecule has 0 saturated heterocycles. The topological polar surface area (TPSA) is 25.2 Å². The average Bonchev–Trinajstić information content (AvgIpc) is 2.83. The third kappa shape index (κ3) is 4.20. The number of halogens is 2. The molecule has 0 amide bonds. The van der Waals surface area contributed by atoms with Crippen molar-refractivity contribution in [1.82, 2.24) is 5.32 Å². The summed E-state index contributed by atoms with van der Waals surface area (Å²) in [6, 6.07) is 12.5. The molecule has 2 nitrogen and oxygen atoms in total. The van der Waals surface area contributed by atoms with Gasteiger partial charge in [-0.1, -0.05) is 41.1 Å².